The van der Waals surface area contributed by atoms with Crippen LogP contribution in [0.5, 0.6) is 5.75 Å². The van der Waals surface area contributed by atoms with Crippen molar-refractivity contribution in [3.8, 4) is 5.75 Å². The van der Waals surface area contributed by atoms with E-state index in [1.165, 1.54) is 0 Å². The molecular weight excluding hydrogens is 302 g/mol. The number of anilines is 1. The largest absolute Gasteiger partial charge is 0.497 e. The highest BCUT2D eigenvalue weighted by Crippen LogP contribution is 2.21. The summed E-state index contributed by atoms with van der Waals surface area (Å²) in [6.45, 7) is 0. The Balaban J connectivity index is 1.85. The number of nitrogens with two attached hydrogens (primary N) is 1. The van der Waals surface area contributed by atoms with E-state index >= 15 is 0 Å². The SMILES string of the molecule is COc1cccc(C(=O)Nc2ccc3cc(C(=N)N)ccc3c2)c1. The van der Waals surface area contributed by atoms with E-state index in [9.17, 15) is 4.79 Å². The molecule has 0 unspecified atom stereocenters. The Morgan fingerprint density at radius 2 is 1.75 bits per heavy atom. The Morgan fingerprint density at radius 1 is 1.00 bits per heavy atom. The van der Waals surface area contributed by atoms with Crippen molar-refractivity contribution >= 4 is 28.2 Å². The first-order chi connectivity index (χ1) is 11.6. The lowest BCUT2D eigenvalue weighted by atomic mass is 10.1. The summed E-state index contributed by atoms with van der Waals surface area (Å²) >= 11 is 0. The van der Waals surface area contributed by atoms with Gasteiger partial charge < -0.3 is 15.8 Å². The Labute approximate surface area is 139 Å². The van der Waals surface area contributed by atoms with Gasteiger partial charge >= 0.3 is 0 Å². The van der Waals surface area contributed by atoms with E-state index in [-0.39, 0.29) is 11.7 Å². The highest BCUT2D eigenvalue weighted by Gasteiger charge is 2.08. The molecule has 5 nitrogen and oxygen atoms in total. The van der Waals surface area contributed by atoms with Crippen molar-refractivity contribution in [1.29, 1.82) is 5.41 Å². The summed E-state index contributed by atoms with van der Waals surface area (Å²) in [4.78, 5) is 12.4. The lowest BCUT2D eigenvalue weighted by Gasteiger charge is -2.08. The Kier molecular flexibility index (Phi) is 4.16. The molecule has 120 valence electrons. The standard InChI is InChI=1S/C19H17N3O2/c1-24-17-4-2-3-15(11-17)19(23)22-16-8-7-12-9-14(18(20)21)6-5-13(12)10-16/h2-11H,1H3,(H3,20,21)(H,22,23). The first-order valence-electron chi connectivity index (χ1n) is 7.40. The van der Waals surface area contributed by atoms with Crippen LogP contribution in [-0.2, 0) is 0 Å². The Hall–Kier alpha value is -3.34. The topological polar surface area (TPSA) is 88.2 Å². The van der Waals surface area contributed by atoms with Crippen LogP contribution in [0, 0.1) is 5.41 Å². The molecule has 0 aliphatic carbocycles. The van der Waals surface area contributed by atoms with E-state index in [1.807, 2.05) is 30.3 Å². The molecule has 0 saturated carbocycles. The number of hydrogen-bond donors (Lipinski definition) is 3. The van der Waals surface area contributed by atoms with E-state index in [4.69, 9.17) is 15.9 Å². The number of fused-ring (bicyclic) bond motifs is 1. The monoisotopic (exact) mass is 319 g/mol. The van der Waals surface area contributed by atoms with Crippen molar-refractivity contribution in [3.05, 3.63) is 71.8 Å². The smallest absolute Gasteiger partial charge is 0.255 e. The molecule has 4 N–H and O–H groups in total. The molecule has 1 amide bonds. The number of amidine groups is 1. The van der Waals surface area contributed by atoms with E-state index in [0.29, 0.717) is 22.6 Å². The predicted molar refractivity (Wildman–Crippen MR) is 95.9 cm³/mol. The van der Waals surface area contributed by atoms with Crippen molar-refractivity contribution in [3.63, 3.8) is 0 Å². The van der Waals surface area contributed by atoms with Crippen LogP contribution in [0.2, 0.25) is 0 Å². The third-order valence-corrected chi connectivity index (χ3v) is 3.74. The fourth-order valence-electron chi connectivity index (χ4n) is 2.46. The maximum atomic E-state index is 12.4. The zero-order chi connectivity index (χ0) is 17.1. The van der Waals surface area contributed by atoms with Crippen LogP contribution < -0.4 is 15.8 Å². The van der Waals surface area contributed by atoms with E-state index in [2.05, 4.69) is 5.32 Å². The normalized spacial score (nSPS) is 10.4. The van der Waals surface area contributed by atoms with Gasteiger partial charge in [0.25, 0.3) is 5.91 Å². The van der Waals surface area contributed by atoms with Gasteiger partial charge in [0.2, 0.25) is 0 Å². The number of carbonyl (C=O) groups is 1. The molecule has 0 atom stereocenters. The Bertz CT molecular complexity index is 935. The number of rotatable bonds is 4. The molecule has 3 rings (SSSR count). The van der Waals surface area contributed by atoms with Crippen LogP contribution in [0.1, 0.15) is 15.9 Å². The second-order valence-corrected chi connectivity index (χ2v) is 5.38. The summed E-state index contributed by atoms with van der Waals surface area (Å²) in [6.07, 6.45) is 0. The van der Waals surface area contributed by atoms with Crippen molar-refractivity contribution in [1.82, 2.24) is 0 Å². The molecule has 0 fully saturated rings. The van der Waals surface area contributed by atoms with Gasteiger partial charge in [0.1, 0.15) is 11.6 Å². The van der Waals surface area contributed by atoms with Crippen molar-refractivity contribution in [2.75, 3.05) is 12.4 Å². The van der Waals surface area contributed by atoms with Crippen LogP contribution in [0.15, 0.2) is 60.7 Å². The average Bonchev–Trinajstić information content (AvgIpc) is 2.61. The van der Waals surface area contributed by atoms with Crippen LogP contribution in [-0.4, -0.2) is 18.9 Å². The molecule has 0 spiro atoms. The van der Waals surface area contributed by atoms with Gasteiger partial charge in [0.15, 0.2) is 0 Å². The van der Waals surface area contributed by atoms with Crippen LogP contribution in [0.3, 0.4) is 0 Å². The number of nitrogen functional groups attached to an aromatic ring is 1. The quantitative estimate of drug-likeness (QED) is 0.509. The molecule has 0 aromatic heterocycles. The second-order valence-electron chi connectivity index (χ2n) is 5.38. The summed E-state index contributed by atoms with van der Waals surface area (Å²) < 4.78 is 5.14. The number of amides is 1. The lowest BCUT2D eigenvalue weighted by molar-refractivity contribution is 0.102. The van der Waals surface area contributed by atoms with Gasteiger partial charge in [-0.2, -0.15) is 0 Å². The fourth-order valence-corrected chi connectivity index (χ4v) is 2.46. The molecule has 0 bridgehead atoms. The zero-order valence-electron chi connectivity index (χ0n) is 13.2. The molecule has 24 heavy (non-hydrogen) atoms. The number of benzene rings is 3. The minimum Gasteiger partial charge on any atom is -0.497 e. The number of hydrogen-bond acceptors (Lipinski definition) is 3. The van der Waals surface area contributed by atoms with Crippen LogP contribution in [0.25, 0.3) is 10.8 Å². The fraction of sp³-hybridized carbons (Fsp3) is 0.0526. The first kappa shape index (κ1) is 15.6. The molecule has 0 saturated heterocycles. The summed E-state index contributed by atoms with van der Waals surface area (Å²) in [5, 5.41) is 12.3. The summed E-state index contributed by atoms with van der Waals surface area (Å²) in [6, 6.07) is 18.1. The van der Waals surface area contributed by atoms with Gasteiger partial charge in [-0.1, -0.05) is 24.3 Å². The zero-order valence-corrected chi connectivity index (χ0v) is 13.2. The van der Waals surface area contributed by atoms with E-state index in [0.717, 1.165) is 10.8 Å². The van der Waals surface area contributed by atoms with Gasteiger partial charge in [-0.25, -0.2) is 0 Å². The highest BCUT2D eigenvalue weighted by atomic mass is 16.5. The molecule has 0 aliphatic rings. The molecule has 5 heteroatoms. The maximum Gasteiger partial charge on any atom is 0.255 e. The first-order valence-corrected chi connectivity index (χ1v) is 7.40. The molecule has 3 aromatic rings. The number of nitrogens with one attached hydrogen (secondary N) is 2. The summed E-state index contributed by atoms with van der Waals surface area (Å²) in [5.41, 5.74) is 7.41. The number of methoxy groups -OCH3 is 1. The van der Waals surface area contributed by atoms with Crippen LogP contribution in [0.4, 0.5) is 5.69 Å². The van der Waals surface area contributed by atoms with Gasteiger partial charge in [0.05, 0.1) is 7.11 Å². The predicted octanol–water partition coefficient (Wildman–Crippen LogP) is 3.38. The van der Waals surface area contributed by atoms with Crippen molar-refractivity contribution in [2.45, 2.75) is 0 Å². The van der Waals surface area contributed by atoms with Gasteiger partial charge in [-0.3, -0.25) is 10.2 Å². The maximum absolute atomic E-state index is 12.4. The minimum absolute atomic E-state index is 0.0345. The second kappa shape index (κ2) is 6.42. The molecule has 0 aliphatic heterocycles. The Morgan fingerprint density at radius 3 is 2.50 bits per heavy atom. The highest BCUT2D eigenvalue weighted by molar-refractivity contribution is 6.06. The third-order valence-electron chi connectivity index (χ3n) is 3.74. The lowest BCUT2D eigenvalue weighted by Crippen LogP contribution is -2.12. The molecular formula is C19H17N3O2. The molecule has 0 heterocycles. The number of ether oxygens (including phenoxy) is 1. The van der Waals surface area contributed by atoms with Crippen molar-refractivity contribution < 1.29 is 9.53 Å². The summed E-state index contributed by atoms with van der Waals surface area (Å²) in [7, 11) is 1.57. The van der Waals surface area contributed by atoms with Crippen LogP contribution >= 0.6 is 0 Å². The molecule has 3 aromatic carbocycles. The number of carbonyl (C=O) groups excluding carboxylic acids is 1. The van der Waals surface area contributed by atoms with Gasteiger partial charge in [0, 0.05) is 16.8 Å². The van der Waals surface area contributed by atoms with Gasteiger partial charge in [-0.15, -0.1) is 0 Å². The minimum atomic E-state index is -0.200. The molecule has 0 radical (unpaired) electrons. The van der Waals surface area contributed by atoms with E-state index in [1.54, 1.807) is 37.4 Å². The average molecular weight is 319 g/mol. The summed E-state index contributed by atoms with van der Waals surface area (Å²) in [5.74, 6) is 0.471. The third kappa shape index (κ3) is 3.20. The van der Waals surface area contributed by atoms with E-state index < -0.39 is 0 Å². The van der Waals surface area contributed by atoms with Gasteiger partial charge in [-0.05, 0) is 47.2 Å². The van der Waals surface area contributed by atoms with Crippen molar-refractivity contribution in [2.24, 2.45) is 5.73 Å².